The Labute approximate surface area is 197 Å². The molecule has 0 spiro atoms. The number of carbonyl (C=O) groups excluding carboxylic acids is 1. The topological polar surface area (TPSA) is 112 Å². The lowest BCUT2D eigenvalue weighted by molar-refractivity contribution is -0.122. The Balaban J connectivity index is 0.00000450. The zero-order valence-electron chi connectivity index (χ0n) is 18.1. The average Bonchev–Trinajstić information content (AvgIpc) is 3.46. The summed E-state index contributed by atoms with van der Waals surface area (Å²) < 4.78 is 28.2. The average molecular weight is 551 g/mol. The molecular formula is C20H34IN5O3S. The fourth-order valence-corrected chi connectivity index (χ4v) is 4.37. The van der Waals surface area contributed by atoms with Crippen LogP contribution in [0.3, 0.4) is 0 Å². The van der Waals surface area contributed by atoms with Gasteiger partial charge in [0.25, 0.3) is 0 Å². The molecule has 0 radical (unpaired) electrons. The Morgan fingerprint density at radius 2 is 1.73 bits per heavy atom. The Bertz CT molecular complexity index is 833. The maximum Gasteiger partial charge on any atom is 0.241 e. The molecular weight excluding hydrogens is 517 g/mol. The maximum absolute atomic E-state index is 12.7. The fourth-order valence-electron chi connectivity index (χ4n) is 2.72. The van der Waals surface area contributed by atoms with E-state index in [1.54, 1.807) is 45.0 Å². The van der Waals surface area contributed by atoms with E-state index in [1.807, 2.05) is 6.92 Å². The van der Waals surface area contributed by atoms with Gasteiger partial charge in [-0.25, -0.2) is 18.1 Å². The van der Waals surface area contributed by atoms with Gasteiger partial charge in [0.05, 0.1) is 11.4 Å². The van der Waals surface area contributed by atoms with Crippen LogP contribution in [0.2, 0.25) is 0 Å². The van der Waals surface area contributed by atoms with Crippen molar-refractivity contribution in [3.8, 4) is 0 Å². The third-order valence-electron chi connectivity index (χ3n) is 4.12. The number of nitrogens with zero attached hydrogens (tertiary/aromatic N) is 1. The van der Waals surface area contributed by atoms with E-state index in [0.717, 1.165) is 12.8 Å². The van der Waals surface area contributed by atoms with E-state index in [0.29, 0.717) is 31.2 Å². The van der Waals surface area contributed by atoms with Crippen LogP contribution in [-0.4, -0.2) is 45.5 Å². The summed E-state index contributed by atoms with van der Waals surface area (Å²) in [6.45, 7) is 9.31. The number of aliphatic imine (C=N–C) groups is 1. The van der Waals surface area contributed by atoms with Gasteiger partial charge in [-0.2, -0.15) is 0 Å². The summed E-state index contributed by atoms with van der Waals surface area (Å²) in [4.78, 5) is 16.4. The van der Waals surface area contributed by atoms with Gasteiger partial charge in [0.1, 0.15) is 0 Å². The molecule has 0 heterocycles. The van der Waals surface area contributed by atoms with Crippen molar-refractivity contribution in [2.45, 2.75) is 57.5 Å². The highest BCUT2D eigenvalue weighted by molar-refractivity contribution is 14.0. The first-order valence-corrected chi connectivity index (χ1v) is 11.5. The molecule has 10 heteroatoms. The largest absolute Gasteiger partial charge is 0.357 e. The van der Waals surface area contributed by atoms with E-state index < -0.39 is 15.6 Å². The predicted octanol–water partition coefficient (Wildman–Crippen LogP) is 1.96. The van der Waals surface area contributed by atoms with E-state index in [1.165, 1.54) is 0 Å². The molecule has 0 saturated heterocycles. The van der Waals surface area contributed by atoms with Gasteiger partial charge in [-0.05, 0) is 52.2 Å². The summed E-state index contributed by atoms with van der Waals surface area (Å²) >= 11 is 0. The molecule has 0 atom stereocenters. The first-order valence-electron chi connectivity index (χ1n) is 10.0. The summed E-state index contributed by atoms with van der Waals surface area (Å²) in [6, 6.07) is 6.86. The van der Waals surface area contributed by atoms with Gasteiger partial charge in [0, 0.05) is 31.1 Å². The zero-order chi connectivity index (χ0) is 21.5. The van der Waals surface area contributed by atoms with Crippen LogP contribution >= 0.6 is 24.0 Å². The van der Waals surface area contributed by atoms with Gasteiger partial charge in [0.15, 0.2) is 5.96 Å². The van der Waals surface area contributed by atoms with Gasteiger partial charge < -0.3 is 16.0 Å². The number of rotatable bonds is 9. The van der Waals surface area contributed by atoms with Crippen molar-refractivity contribution < 1.29 is 13.2 Å². The second-order valence-electron chi connectivity index (χ2n) is 8.15. The first kappa shape index (κ1) is 26.6. The molecule has 1 aromatic carbocycles. The number of halogens is 1. The van der Waals surface area contributed by atoms with Crippen molar-refractivity contribution in [3.05, 3.63) is 29.8 Å². The van der Waals surface area contributed by atoms with Crippen LogP contribution in [0.4, 0.5) is 0 Å². The van der Waals surface area contributed by atoms with E-state index in [2.05, 4.69) is 25.7 Å². The molecule has 8 nitrogen and oxygen atoms in total. The summed E-state index contributed by atoms with van der Waals surface area (Å²) in [5.74, 6) is 0.875. The van der Waals surface area contributed by atoms with Crippen LogP contribution < -0.4 is 20.7 Å². The van der Waals surface area contributed by atoms with Crippen LogP contribution in [0.1, 0.15) is 46.1 Å². The number of hydrogen-bond donors (Lipinski definition) is 4. The summed E-state index contributed by atoms with van der Waals surface area (Å²) in [6.07, 6.45) is 1.96. The van der Waals surface area contributed by atoms with Crippen molar-refractivity contribution in [2.75, 3.05) is 19.6 Å². The van der Waals surface area contributed by atoms with Gasteiger partial charge in [-0.1, -0.05) is 18.2 Å². The number of benzene rings is 1. The third-order valence-corrected chi connectivity index (χ3v) is 5.98. The SMILES string of the molecule is CCNC(=NCc1ccccc1S(=O)(=O)NC(C)(C)C)NCCNC(=O)C1CC1.I. The number of carbonyl (C=O) groups is 1. The van der Waals surface area contributed by atoms with E-state index in [-0.39, 0.29) is 47.2 Å². The highest BCUT2D eigenvalue weighted by Crippen LogP contribution is 2.28. The number of hydrogen-bond acceptors (Lipinski definition) is 4. The second-order valence-corrected chi connectivity index (χ2v) is 9.80. The zero-order valence-corrected chi connectivity index (χ0v) is 21.3. The highest BCUT2D eigenvalue weighted by Gasteiger charge is 2.29. The minimum absolute atomic E-state index is 0. The van der Waals surface area contributed by atoms with Gasteiger partial charge >= 0.3 is 0 Å². The van der Waals surface area contributed by atoms with Crippen molar-refractivity contribution in [1.29, 1.82) is 0 Å². The molecule has 1 fully saturated rings. The van der Waals surface area contributed by atoms with Crippen LogP contribution in [-0.2, 0) is 21.4 Å². The van der Waals surface area contributed by atoms with E-state index in [9.17, 15) is 13.2 Å². The molecule has 0 aliphatic heterocycles. The fraction of sp³-hybridized carbons (Fsp3) is 0.600. The van der Waals surface area contributed by atoms with Crippen LogP contribution in [0.5, 0.6) is 0 Å². The Morgan fingerprint density at radius 1 is 1.10 bits per heavy atom. The summed E-state index contributed by atoms with van der Waals surface area (Å²) in [7, 11) is -3.65. The number of amides is 1. The number of sulfonamides is 1. The van der Waals surface area contributed by atoms with Gasteiger partial charge in [0.2, 0.25) is 15.9 Å². The van der Waals surface area contributed by atoms with Crippen molar-refractivity contribution >= 4 is 45.9 Å². The molecule has 0 bridgehead atoms. The summed E-state index contributed by atoms with van der Waals surface area (Å²) in [5.41, 5.74) is 0.0415. The molecule has 30 heavy (non-hydrogen) atoms. The molecule has 2 rings (SSSR count). The lowest BCUT2D eigenvalue weighted by Crippen LogP contribution is -2.42. The Hall–Kier alpha value is -1.40. The minimum atomic E-state index is -3.65. The van der Waals surface area contributed by atoms with Crippen molar-refractivity contribution in [1.82, 2.24) is 20.7 Å². The molecule has 4 N–H and O–H groups in total. The molecule has 1 amide bonds. The number of nitrogens with one attached hydrogen (secondary N) is 4. The molecule has 1 aliphatic rings. The van der Waals surface area contributed by atoms with Crippen molar-refractivity contribution in [3.63, 3.8) is 0 Å². The molecule has 1 aromatic rings. The van der Waals surface area contributed by atoms with Gasteiger partial charge in [-0.3, -0.25) is 4.79 Å². The molecule has 170 valence electrons. The highest BCUT2D eigenvalue weighted by atomic mass is 127. The van der Waals surface area contributed by atoms with E-state index >= 15 is 0 Å². The number of guanidine groups is 1. The molecule has 1 aliphatic carbocycles. The minimum Gasteiger partial charge on any atom is -0.357 e. The molecule has 0 unspecified atom stereocenters. The first-order chi connectivity index (χ1) is 13.6. The maximum atomic E-state index is 12.7. The normalized spacial score (nSPS) is 14.6. The lowest BCUT2D eigenvalue weighted by atomic mass is 10.1. The standard InChI is InChI=1S/C20H33N5O3S.HI/c1-5-21-19(23-13-12-22-18(26)15-10-11-15)24-14-16-8-6-7-9-17(16)29(27,28)25-20(2,3)4;/h6-9,15,25H,5,10-14H2,1-4H3,(H,22,26)(H2,21,23,24);1H. The third kappa shape index (κ3) is 9.17. The predicted molar refractivity (Wildman–Crippen MR) is 130 cm³/mol. The monoisotopic (exact) mass is 551 g/mol. The Morgan fingerprint density at radius 3 is 2.33 bits per heavy atom. The molecule has 1 saturated carbocycles. The Kier molecular flexibility index (Phi) is 10.5. The van der Waals surface area contributed by atoms with E-state index in [4.69, 9.17) is 0 Å². The second kappa shape index (κ2) is 11.8. The van der Waals surface area contributed by atoms with Gasteiger partial charge in [-0.15, -0.1) is 24.0 Å². The van der Waals surface area contributed by atoms with Crippen LogP contribution in [0, 0.1) is 5.92 Å². The summed E-state index contributed by atoms with van der Waals surface area (Å²) in [5, 5.41) is 9.19. The van der Waals surface area contributed by atoms with Crippen molar-refractivity contribution in [2.24, 2.45) is 10.9 Å². The van der Waals surface area contributed by atoms with Crippen LogP contribution in [0.15, 0.2) is 34.2 Å². The quantitative estimate of drug-likeness (QED) is 0.162. The molecule has 0 aromatic heterocycles. The lowest BCUT2D eigenvalue weighted by Gasteiger charge is -2.21. The smallest absolute Gasteiger partial charge is 0.241 e. The van der Waals surface area contributed by atoms with Crippen LogP contribution in [0.25, 0.3) is 0 Å².